The van der Waals surface area contributed by atoms with Crippen LogP contribution in [0.4, 0.5) is 10.1 Å². The number of benzene rings is 1. The molecule has 76 valence electrons. The van der Waals surface area contributed by atoms with Crippen LogP contribution in [0.15, 0.2) is 12.1 Å². The molecule has 0 atom stereocenters. The van der Waals surface area contributed by atoms with Crippen LogP contribution in [0.2, 0.25) is 0 Å². The van der Waals surface area contributed by atoms with Crippen LogP contribution in [0.25, 0.3) is 0 Å². The molecule has 0 aliphatic rings. The number of rotatable bonds is 3. The summed E-state index contributed by atoms with van der Waals surface area (Å²) in [4.78, 5) is 15.6. The molecule has 5 heteroatoms. The van der Waals surface area contributed by atoms with Crippen molar-refractivity contribution in [2.24, 2.45) is 0 Å². The molecule has 0 unspecified atom stereocenters. The third-order valence-corrected chi connectivity index (χ3v) is 2.01. The van der Waals surface area contributed by atoms with E-state index in [0.29, 0.717) is 11.3 Å². The van der Waals surface area contributed by atoms with Gasteiger partial charge in [-0.15, -0.1) is 0 Å². The maximum Gasteiger partial charge on any atom is 0.255 e. The van der Waals surface area contributed by atoms with E-state index in [1.165, 1.54) is 13.2 Å². The Morgan fingerprint density at radius 3 is 2.71 bits per heavy atom. The highest BCUT2D eigenvalue weighted by molar-refractivity contribution is 6.68. The second-order valence-electron chi connectivity index (χ2n) is 2.67. The largest absolute Gasteiger partial charge is 0.279 e. The molecule has 0 amide bonds. The average Bonchev–Trinajstić information content (AvgIpc) is 2.10. The highest BCUT2D eigenvalue weighted by Crippen LogP contribution is 2.23. The molecule has 0 aromatic heterocycles. The van der Waals surface area contributed by atoms with Crippen LogP contribution in [-0.2, 0) is 4.84 Å². The van der Waals surface area contributed by atoms with Gasteiger partial charge in [0.05, 0.1) is 18.4 Å². The summed E-state index contributed by atoms with van der Waals surface area (Å²) in [6.07, 6.45) is 0. The number of carbonyl (C=O) groups excluding carboxylic acids is 1. The van der Waals surface area contributed by atoms with Crippen molar-refractivity contribution in [2.45, 2.75) is 6.92 Å². The first-order valence-electron chi connectivity index (χ1n) is 3.86. The molecule has 0 aliphatic heterocycles. The van der Waals surface area contributed by atoms with Gasteiger partial charge in [-0.2, -0.15) is 0 Å². The van der Waals surface area contributed by atoms with Crippen molar-refractivity contribution in [3.63, 3.8) is 0 Å². The van der Waals surface area contributed by atoms with Gasteiger partial charge in [-0.25, -0.2) is 4.39 Å². The van der Waals surface area contributed by atoms with Gasteiger partial charge in [0.15, 0.2) is 0 Å². The van der Waals surface area contributed by atoms with E-state index in [1.807, 2.05) is 0 Å². The first-order valence-corrected chi connectivity index (χ1v) is 4.23. The van der Waals surface area contributed by atoms with E-state index in [-0.39, 0.29) is 5.56 Å². The third-order valence-electron chi connectivity index (χ3n) is 1.82. The summed E-state index contributed by atoms with van der Waals surface area (Å²) in [6.45, 7) is 1.58. The lowest BCUT2D eigenvalue weighted by Gasteiger charge is -2.09. The van der Waals surface area contributed by atoms with Gasteiger partial charge in [0.2, 0.25) is 0 Å². The Bertz CT molecular complexity index is 368. The number of anilines is 1. The molecular formula is C9H9ClFNO2. The zero-order valence-corrected chi connectivity index (χ0v) is 8.48. The molecule has 0 saturated carbocycles. The predicted molar refractivity (Wildman–Crippen MR) is 52.0 cm³/mol. The van der Waals surface area contributed by atoms with Crippen LogP contribution in [0.5, 0.6) is 0 Å². The fourth-order valence-corrected chi connectivity index (χ4v) is 1.37. The van der Waals surface area contributed by atoms with Crippen LogP contribution in [0.1, 0.15) is 15.9 Å². The maximum atomic E-state index is 13.1. The van der Waals surface area contributed by atoms with Crippen LogP contribution in [-0.4, -0.2) is 12.4 Å². The Labute approximate surface area is 85.8 Å². The molecule has 0 bridgehead atoms. The van der Waals surface area contributed by atoms with Crippen molar-refractivity contribution < 1.29 is 14.0 Å². The molecule has 1 N–H and O–H groups in total. The minimum atomic E-state index is -0.820. The molecule has 14 heavy (non-hydrogen) atoms. The van der Waals surface area contributed by atoms with Gasteiger partial charge in [-0.05, 0) is 36.2 Å². The van der Waals surface area contributed by atoms with Crippen molar-refractivity contribution in [3.05, 3.63) is 29.1 Å². The first-order chi connectivity index (χ1) is 6.57. The van der Waals surface area contributed by atoms with Crippen molar-refractivity contribution in [2.75, 3.05) is 12.6 Å². The average molecular weight is 218 g/mol. The fourth-order valence-electron chi connectivity index (χ4n) is 1.14. The number of hydrogen-bond donors (Lipinski definition) is 1. The zero-order valence-electron chi connectivity index (χ0n) is 7.73. The van der Waals surface area contributed by atoms with Gasteiger partial charge in [0.25, 0.3) is 5.24 Å². The molecule has 0 fully saturated rings. The molecule has 3 nitrogen and oxygen atoms in total. The molecule has 0 radical (unpaired) electrons. The minimum absolute atomic E-state index is 0.131. The van der Waals surface area contributed by atoms with Gasteiger partial charge < -0.3 is 0 Å². The standard InChI is InChI=1S/C9H9ClFNO2/c1-5-7(12-14-2)4-3-6(11)8(5)9(10)13/h3-4,12H,1-2H3. The third kappa shape index (κ3) is 2.02. The van der Waals surface area contributed by atoms with Crippen molar-refractivity contribution in [1.29, 1.82) is 0 Å². The van der Waals surface area contributed by atoms with Gasteiger partial charge in [-0.3, -0.25) is 15.1 Å². The minimum Gasteiger partial charge on any atom is -0.279 e. The summed E-state index contributed by atoms with van der Waals surface area (Å²) in [6, 6.07) is 2.63. The van der Waals surface area contributed by atoms with E-state index in [9.17, 15) is 9.18 Å². The Balaban J connectivity index is 3.26. The Morgan fingerprint density at radius 2 is 2.21 bits per heavy atom. The van der Waals surface area contributed by atoms with Crippen LogP contribution in [0, 0.1) is 12.7 Å². The molecule has 1 aromatic rings. The topological polar surface area (TPSA) is 38.3 Å². The zero-order chi connectivity index (χ0) is 10.7. The fraction of sp³-hybridized carbons (Fsp3) is 0.222. The van der Waals surface area contributed by atoms with Crippen molar-refractivity contribution in [1.82, 2.24) is 0 Å². The van der Waals surface area contributed by atoms with Crippen molar-refractivity contribution >= 4 is 22.5 Å². The van der Waals surface area contributed by atoms with E-state index in [4.69, 9.17) is 11.6 Å². The van der Waals surface area contributed by atoms with E-state index < -0.39 is 11.1 Å². The van der Waals surface area contributed by atoms with Crippen LogP contribution in [0.3, 0.4) is 0 Å². The summed E-state index contributed by atoms with van der Waals surface area (Å²) >= 11 is 5.24. The summed E-state index contributed by atoms with van der Waals surface area (Å²) in [5.74, 6) is -0.635. The summed E-state index contributed by atoms with van der Waals surface area (Å²) in [7, 11) is 1.42. The lowest BCUT2D eigenvalue weighted by Crippen LogP contribution is -2.04. The molecule has 0 saturated heterocycles. The summed E-state index contributed by atoms with van der Waals surface area (Å²) in [5.41, 5.74) is 3.32. The van der Waals surface area contributed by atoms with E-state index in [0.717, 1.165) is 6.07 Å². The smallest absolute Gasteiger partial charge is 0.255 e. The van der Waals surface area contributed by atoms with Gasteiger partial charge in [0, 0.05) is 0 Å². The summed E-state index contributed by atoms with van der Waals surface area (Å²) < 4.78 is 13.1. The number of carbonyl (C=O) groups is 1. The second kappa shape index (κ2) is 4.39. The van der Waals surface area contributed by atoms with E-state index >= 15 is 0 Å². The number of nitrogens with one attached hydrogen (secondary N) is 1. The molecule has 0 aliphatic carbocycles. The molecule has 1 aromatic carbocycles. The maximum absolute atomic E-state index is 13.1. The second-order valence-corrected chi connectivity index (χ2v) is 3.02. The predicted octanol–water partition coefficient (Wildman–Crippen LogP) is 2.49. The highest BCUT2D eigenvalue weighted by Gasteiger charge is 2.15. The lowest BCUT2D eigenvalue weighted by molar-refractivity contribution is 0.107. The Hall–Kier alpha value is -1.13. The van der Waals surface area contributed by atoms with E-state index in [1.54, 1.807) is 6.92 Å². The first kappa shape index (κ1) is 10.9. The van der Waals surface area contributed by atoms with Crippen molar-refractivity contribution in [3.8, 4) is 0 Å². The Morgan fingerprint density at radius 1 is 1.57 bits per heavy atom. The molecule has 1 rings (SSSR count). The molecule has 0 spiro atoms. The lowest BCUT2D eigenvalue weighted by atomic mass is 10.1. The number of halogens is 2. The van der Waals surface area contributed by atoms with Gasteiger partial charge in [-0.1, -0.05) is 0 Å². The Kier molecular flexibility index (Phi) is 3.43. The van der Waals surface area contributed by atoms with Gasteiger partial charge >= 0.3 is 0 Å². The molecular weight excluding hydrogens is 209 g/mol. The van der Waals surface area contributed by atoms with E-state index in [2.05, 4.69) is 10.3 Å². The normalized spacial score (nSPS) is 10.0. The number of hydrogen-bond acceptors (Lipinski definition) is 3. The quantitative estimate of drug-likeness (QED) is 0.625. The highest BCUT2D eigenvalue weighted by atomic mass is 35.5. The SMILES string of the molecule is CONc1ccc(F)c(C(=O)Cl)c1C. The van der Waals surface area contributed by atoms with Crippen LogP contribution < -0.4 is 5.48 Å². The van der Waals surface area contributed by atoms with Gasteiger partial charge in [0.1, 0.15) is 5.82 Å². The summed E-state index contributed by atoms with van der Waals surface area (Å²) in [5, 5.41) is -0.820. The monoisotopic (exact) mass is 217 g/mol. The molecule has 0 heterocycles. The van der Waals surface area contributed by atoms with Crippen LogP contribution >= 0.6 is 11.6 Å².